The summed E-state index contributed by atoms with van der Waals surface area (Å²) < 4.78 is 32.5. The topological polar surface area (TPSA) is 21.3 Å². The maximum absolute atomic E-state index is 13.8. The average Bonchev–Trinajstić information content (AvgIpc) is 2.32. The monoisotopic (exact) mass is 257 g/mol. The fraction of sp³-hybridized carbons (Fsp3) is 0.571. The number of likely N-dealkylation sites (N-methyl/N-ethyl adjacent to an activating group) is 1. The van der Waals surface area contributed by atoms with E-state index >= 15 is 0 Å². The highest BCUT2D eigenvalue weighted by atomic mass is 19.1. The standard InChI is InChI=1S/C14H21F2NO/c1-5-17-13(14(18-4)9(2)3)11-8-10(15)6-7-12(11)16/h6-9,13-14,17H,5H2,1-4H3. The summed E-state index contributed by atoms with van der Waals surface area (Å²) in [6, 6.07) is 3.16. The molecule has 0 aliphatic carbocycles. The molecule has 1 aromatic carbocycles. The zero-order valence-electron chi connectivity index (χ0n) is 11.3. The quantitative estimate of drug-likeness (QED) is 0.844. The summed E-state index contributed by atoms with van der Waals surface area (Å²) in [6.07, 6.45) is -0.207. The van der Waals surface area contributed by atoms with Gasteiger partial charge >= 0.3 is 0 Å². The van der Waals surface area contributed by atoms with Gasteiger partial charge in [-0.25, -0.2) is 8.78 Å². The van der Waals surface area contributed by atoms with Crippen LogP contribution in [0.25, 0.3) is 0 Å². The molecule has 0 spiro atoms. The first-order valence-corrected chi connectivity index (χ1v) is 6.22. The summed E-state index contributed by atoms with van der Waals surface area (Å²) >= 11 is 0. The summed E-state index contributed by atoms with van der Waals surface area (Å²) in [7, 11) is 1.59. The molecule has 0 radical (unpaired) electrons. The predicted molar refractivity (Wildman–Crippen MR) is 68.4 cm³/mol. The van der Waals surface area contributed by atoms with Crippen LogP contribution in [0.5, 0.6) is 0 Å². The minimum atomic E-state index is -0.437. The van der Waals surface area contributed by atoms with E-state index in [9.17, 15) is 8.78 Å². The number of ether oxygens (including phenoxy) is 1. The molecule has 0 saturated carbocycles. The van der Waals surface area contributed by atoms with Gasteiger partial charge < -0.3 is 10.1 Å². The van der Waals surface area contributed by atoms with E-state index < -0.39 is 11.6 Å². The highest BCUT2D eigenvalue weighted by Crippen LogP contribution is 2.27. The van der Waals surface area contributed by atoms with Crippen LogP contribution in [0.4, 0.5) is 8.78 Å². The van der Waals surface area contributed by atoms with E-state index in [-0.39, 0.29) is 18.1 Å². The molecule has 0 saturated heterocycles. The fourth-order valence-electron chi connectivity index (χ4n) is 2.17. The first-order valence-electron chi connectivity index (χ1n) is 6.22. The molecule has 1 rings (SSSR count). The van der Waals surface area contributed by atoms with Crippen molar-refractivity contribution in [1.82, 2.24) is 5.32 Å². The summed E-state index contributed by atoms with van der Waals surface area (Å²) in [5.41, 5.74) is 0.317. The second-order valence-corrected chi connectivity index (χ2v) is 4.65. The van der Waals surface area contributed by atoms with Crippen LogP contribution in [0.3, 0.4) is 0 Å². The Hall–Kier alpha value is -1.00. The smallest absolute Gasteiger partial charge is 0.128 e. The third-order valence-electron chi connectivity index (χ3n) is 2.97. The Labute approximate surface area is 107 Å². The lowest BCUT2D eigenvalue weighted by Gasteiger charge is -2.30. The van der Waals surface area contributed by atoms with Gasteiger partial charge in [-0.2, -0.15) is 0 Å². The van der Waals surface area contributed by atoms with Crippen LogP contribution >= 0.6 is 0 Å². The average molecular weight is 257 g/mol. The van der Waals surface area contributed by atoms with Gasteiger partial charge in [-0.05, 0) is 30.7 Å². The van der Waals surface area contributed by atoms with E-state index in [2.05, 4.69) is 5.32 Å². The minimum absolute atomic E-state index is 0.196. The molecule has 102 valence electrons. The van der Waals surface area contributed by atoms with Crippen LogP contribution in [-0.4, -0.2) is 19.8 Å². The maximum Gasteiger partial charge on any atom is 0.128 e. The Morgan fingerprint density at radius 2 is 1.94 bits per heavy atom. The molecular weight excluding hydrogens is 236 g/mol. The molecule has 0 aliphatic heterocycles. The van der Waals surface area contributed by atoms with E-state index in [4.69, 9.17) is 4.74 Å². The molecule has 1 aromatic rings. The molecule has 1 N–H and O–H groups in total. The second-order valence-electron chi connectivity index (χ2n) is 4.65. The number of hydrogen-bond acceptors (Lipinski definition) is 2. The number of halogens is 2. The van der Waals surface area contributed by atoms with E-state index in [1.807, 2.05) is 20.8 Å². The minimum Gasteiger partial charge on any atom is -0.379 e. The predicted octanol–water partition coefficient (Wildman–Crippen LogP) is 3.29. The van der Waals surface area contributed by atoms with Gasteiger partial charge in [0.25, 0.3) is 0 Å². The van der Waals surface area contributed by atoms with Gasteiger partial charge in [-0.3, -0.25) is 0 Å². The third-order valence-corrected chi connectivity index (χ3v) is 2.97. The number of rotatable bonds is 6. The van der Waals surface area contributed by atoms with E-state index in [0.717, 1.165) is 12.1 Å². The Bertz CT molecular complexity index is 382. The lowest BCUT2D eigenvalue weighted by atomic mass is 9.93. The van der Waals surface area contributed by atoms with Gasteiger partial charge in [-0.15, -0.1) is 0 Å². The lowest BCUT2D eigenvalue weighted by Crippen LogP contribution is -2.37. The number of hydrogen-bond donors (Lipinski definition) is 1. The van der Waals surface area contributed by atoms with Crippen LogP contribution in [0.1, 0.15) is 32.4 Å². The fourth-order valence-corrected chi connectivity index (χ4v) is 2.17. The summed E-state index contributed by atoms with van der Waals surface area (Å²) in [5.74, 6) is -0.653. The van der Waals surface area contributed by atoms with Gasteiger partial charge in [0, 0.05) is 12.7 Å². The Kier molecular flexibility index (Phi) is 5.69. The number of methoxy groups -OCH3 is 1. The molecule has 0 aliphatic rings. The van der Waals surface area contributed by atoms with Crippen molar-refractivity contribution in [3.05, 3.63) is 35.4 Å². The van der Waals surface area contributed by atoms with Crippen LogP contribution in [0.2, 0.25) is 0 Å². The molecule has 4 heteroatoms. The van der Waals surface area contributed by atoms with Crippen molar-refractivity contribution in [2.24, 2.45) is 5.92 Å². The van der Waals surface area contributed by atoms with Crippen LogP contribution < -0.4 is 5.32 Å². The van der Waals surface area contributed by atoms with Gasteiger partial charge in [0.05, 0.1) is 12.1 Å². The van der Waals surface area contributed by atoms with Crippen molar-refractivity contribution in [2.75, 3.05) is 13.7 Å². The van der Waals surface area contributed by atoms with E-state index in [1.54, 1.807) is 7.11 Å². The summed E-state index contributed by atoms with van der Waals surface area (Å²) in [4.78, 5) is 0. The highest BCUT2D eigenvalue weighted by Gasteiger charge is 2.27. The van der Waals surface area contributed by atoms with Crippen LogP contribution in [0.15, 0.2) is 18.2 Å². The van der Waals surface area contributed by atoms with Gasteiger partial charge in [0.2, 0.25) is 0 Å². The van der Waals surface area contributed by atoms with Crippen molar-refractivity contribution < 1.29 is 13.5 Å². The molecule has 18 heavy (non-hydrogen) atoms. The molecule has 2 atom stereocenters. The highest BCUT2D eigenvalue weighted by molar-refractivity contribution is 5.23. The Morgan fingerprint density at radius 3 is 2.44 bits per heavy atom. The molecular formula is C14H21F2NO. The molecule has 0 heterocycles. The summed E-state index contributed by atoms with van der Waals surface area (Å²) in [6.45, 7) is 6.58. The van der Waals surface area contributed by atoms with Gasteiger partial charge in [0.1, 0.15) is 11.6 Å². The largest absolute Gasteiger partial charge is 0.379 e. The molecule has 2 unspecified atom stereocenters. The molecule has 2 nitrogen and oxygen atoms in total. The zero-order chi connectivity index (χ0) is 13.7. The van der Waals surface area contributed by atoms with Crippen molar-refractivity contribution in [2.45, 2.75) is 32.9 Å². The number of benzene rings is 1. The van der Waals surface area contributed by atoms with Crippen LogP contribution in [0, 0.1) is 17.6 Å². The molecule has 0 aromatic heterocycles. The van der Waals surface area contributed by atoms with Crippen LogP contribution in [-0.2, 0) is 4.74 Å². The van der Waals surface area contributed by atoms with Crippen molar-refractivity contribution in [3.63, 3.8) is 0 Å². The normalized spacial score (nSPS) is 14.8. The lowest BCUT2D eigenvalue weighted by molar-refractivity contribution is 0.0320. The molecule has 0 fully saturated rings. The van der Waals surface area contributed by atoms with Gasteiger partial charge in [-0.1, -0.05) is 20.8 Å². The second kappa shape index (κ2) is 6.81. The SMILES string of the molecule is CCNC(c1cc(F)ccc1F)C(OC)C(C)C. The number of nitrogens with one attached hydrogen (secondary N) is 1. The van der Waals surface area contributed by atoms with Crippen molar-refractivity contribution in [1.29, 1.82) is 0 Å². The van der Waals surface area contributed by atoms with Crippen molar-refractivity contribution in [3.8, 4) is 0 Å². The summed E-state index contributed by atoms with van der Waals surface area (Å²) in [5, 5.41) is 3.17. The Balaban J connectivity index is 3.13. The van der Waals surface area contributed by atoms with E-state index in [1.165, 1.54) is 6.07 Å². The molecule has 0 bridgehead atoms. The first kappa shape index (κ1) is 15.1. The van der Waals surface area contributed by atoms with Crippen molar-refractivity contribution >= 4 is 0 Å². The third kappa shape index (κ3) is 3.50. The Morgan fingerprint density at radius 1 is 1.28 bits per heavy atom. The van der Waals surface area contributed by atoms with E-state index in [0.29, 0.717) is 12.1 Å². The van der Waals surface area contributed by atoms with Gasteiger partial charge in [0.15, 0.2) is 0 Å². The first-order chi connectivity index (χ1) is 8.51. The molecule has 0 amide bonds. The maximum atomic E-state index is 13.8. The zero-order valence-corrected chi connectivity index (χ0v) is 11.3.